The third kappa shape index (κ3) is 3.52. The molecule has 9 heteroatoms. The summed E-state index contributed by atoms with van der Waals surface area (Å²) in [6.07, 6.45) is 0. The topological polar surface area (TPSA) is 76.1 Å². The Morgan fingerprint density at radius 3 is 2.52 bits per heavy atom. The van der Waals surface area contributed by atoms with Crippen LogP contribution >= 0.6 is 11.3 Å². The Hall–Kier alpha value is -2.39. The van der Waals surface area contributed by atoms with Gasteiger partial charge in [0.25, 0.3) is 5.91 Å². The zero-order valence-corrected chi connectivity index (χ0v) is 14.5. The molecule has 0 radical (unpaired) electrons. The van der Waals surface area contributed by atoms with Crippen LogP contribution < -0.4 is 5.32 Å². The van der Waals surface area contributed by atoms with Crippen molar-refractivity contribution < 1.29 is 22.0 Å². The van der Waals surface area contributed by atoms with Crippen molar-refractivity contribution in [2.24, 2.45) is 0 Å². The van der Waals surface area contributed by atoms with Gasteiger partial charge in [0.15, 0.2) is 20.8 Å². The smallest absolute Gasteiger partial charge is 0.257 e. The van der Waals surface area contributed by atoms with Crippen molar-refractivity contribution in [3.8, 4) is 0 Å². The van der Waals surface area contributed by atoms with Crippen molar-refractivity contribution in [3.05, 3.63) is 53.6 Å². The molecule has 2 aromatic carbocycles. The number of thiazole rings is 1. The first-order valence-electron chi connectivity index (χ1n) is 7.20. The zero-order valence-electron chi connectivity index (χ0n) is 12.9. The van der Waals surface area contributed by atoms with E-state index in [0.29, 0.717) is 0 Å². The number of anilines is 1. The van der Waals surface area contributed by atoms with Gasteiger partial charge in [0.2, 0.25) is 0 Å². The maximum absolute atomic E-state index is 13.6. The van der Waals surface area contributed by atoms with Gasteiger partial charge >= 0.3 is 0 Å². The van der Waals surface area contributed by atoms with E-state index in [4.69, 9.17) is 0 Å². The standard InChI is InChI=1S/C16H12F2N2O3S2/c1-2-25(22,23)11-5-3-9(4-6-11)15(21)20-16-19-14-12(18)7-10(17)8-13(14)24-16/h3-8H,2H2,1H3,(H,19,20,21). The van der Waals surface area contributed by atoms with Gasteiger partial charge in [-0.3, -0.25) is 10.1 Å². The van der Waals surface area contributed by atoms with E-state index in [1.165, 1.54) is 31.2 Å². The summed E-state index contributed by atoms with van der Waals surface area (Å²) in [5.74, 6) is -2.09. The monoisotopic (exact) mass is 382 g/mol. The van der Waals surface area contributed by atoms with Crippen LogP contribution in [0, 0.1) is 11.6 Å². The number of nitrogens with one attached hydrogen (secondary N) is 1. The number of nitrogens with zero attached hydrogens (tertiary/aromatic N) is 1. The average molecular weight is 382 g/mol. The molecule has 1 aromatic heterocycles. The molecule has 130 valence electrons. The van der Waals surface area contributed by atoms with Crippen LogP contribution in [0.5, 0.6) is 0 Å². The first kappa shape index (κ1) is 17.4. The van der Waals surface area contributed by atoms with Gasteiger partial charge in [-0.2, -0.15) is 0 Å². The van der Waals surface area contributed by atoms with Gasteiger partial charge in [0, 0.05) is 11.6 Å². The molecule has 0 bridgehead atoms. The zero-order chi connectivity index (χ0) is 18.2. The Morgan fingerprint density at radius 2 is 1.88 bits per heavy atom. The minimum Gasteiger partial charge on any atom is -0.298 e. The second-order valence-corrected chi connectivity index (χ2v) is 8.44. The quantitative estimate of drug-likeness (QED) is 0.748. The number of benzene rings is 2. The Labute approximate surface area is 146 Å². The van der Waals surface area contributed by atoms with Crippen molar-refractivity contribution in [1.29, 1.82) is 0 Å². The van der Waals surface area contributed by atoms with E-state index in [2.05, 4.69) is 10.3 Å². The van der Waals surface area contributed by atoms with Gasteiger partial charge < -0.3 is 0 Å². The Morgan fingerprint density at radius 1 is 1.20 bits per heavy atom. The summed E-state index contributed by atoms with van der Waals surface area (Å²) in [6, 6.07) is 7.32. The van der Waals surface area contributed by atoms with Gasteiger partial charge in [0.05, 0.1) is 15.3 Å². The number of amides is 1. The molecule has 0 aliphatic rings. The van der Waals surface area contributed by atoms with E-state index < -0.39 is 27.4 Å². The van der Waals surface area contributed by atoms with E-state index in [0.717, 1.165) is 23.5 Å². The van der Waals surface area contributed by atoms with E-state index in [9.17, 15) is 22.0 Å². The lowest BCUT2D eigenvalue weighted by Crippen LogP contribution is -2.12. The lowest BCUT2D eigenvalue weighted by molar-refractivity contribution is 0.102. The average Bonchev–Trinajstić information content (AvgIpc) is 2.97. The van der Waals surface area contributed by atoms with Crippen LogP contribution in [0.25, 0.3) is 10.2 Å². The fourth-order valence-corrected chi connectivity index (χ4v) is 3.94. The SMILES string of the molecule is CCS(=O)(=O)c1ccc(C(=O)Nc2nc3c(F)cc(F)cc3s2)cc1. The molecule has 1 heterocycles. The predicted octanol–water partition coefficient (Wildman–Crippen LogP) is 3.62. The van der Waals surface area contributed by atoms with Crippen LogP contribution in [0.15, 0.2) is 41.3 Å². The number of halogens is 2. The number of carbonyl (C=O) groups excluding carboxylic acids is 1. The lowest BCUT2D eigenvalue weighted by Gasteiger charge is -2.04. The van der Waals surface area contributed by atoms with Gasteiger partial charge in [-0.15, -0.1) is 0 Å². The maximum Gasteiger partial charge on any atom is 0.257 e. The molecule has 25 heavy (non-hydrogen) atoms. The van der Waals surface area contributed by atoms with Crippen molar-refractivity contribution in [3.63, 3.8) is 0 Å². The Balaban J connectivity index is 1.84. The summed E-state index contributed by atoms with van der Waals surface area (Å²) in [5, 5.41) is 2.62. The van der Waals surface area contributed by atoms with Crippen LogP contribution in [-0.2, 0) is 9.84 Å². The molecule has 1 N–H and O–H groups in total. The van der Waals surface area contributed by atoms with Crippen LogP contribution in [0.3, 0.4) is 0 Å². The predicted molar refractivity (Wildman–Crippen MR) is 91.7 cm³/mol. The number of hydrogen-bond acceptors (Lipinski definition) is 5. The Bertz CT molecular complexity index is 1060. The van der Waals surface area contributed by atoms with Crippen LogP contribution in [-0.4, -0.2) is 25.1 Å². The lowest BCUT2D eigenvalue weighted by atomic mass is 10.2. The first-order chi connectivity index (χ1) is 11.8. The van der Waals surface area contributed by atoms with E-state index in [1.54, 1.807) is 0 Å². The molecule has 0 saturated carbocycles. The molecule has 5 nitrogen and oxygen atoms in total. The molecule has 0 atom stereocenters. The fraction of sp³-hybridized carbons (Fsp3) is 0.125. The van der Waals surface area contributed by atoms with Crippen molar-refractivity contribution in [1.82, 2.24) is 4.98 Å². The second kappa shape index (κ2) is 6.49. The summed E-state index contributed by atoms with van der Waals surface area (Å²) in [7, 11) is -3.34. The number of carbonyl (C=O) groups is 1. The number of fused-ring (bicyclic) bond motifs is 1. The molecular weight excluding hydrogens is 370 g/mol. The van der Waals surface area contributed by atoms with Crippen molar-refractivity contribution >= 4 is 42.4 Å². The van der Waals surface area contributed by atoms with Crippen LogP contribution in [0.4, 0.5) is 13.9 Å². The maximum atomic E-state index is 13.6. The van der Waals surface area contributed by atoms with E-state index >= 15 is 0 Å². The number of aromatic nitrogens is 1. The number of rotatable bonds is 4. The molecule has 3 rings (SSSR count). The van der Waals surface area contributed by atoms with E-state index in [1.807, 2.05) is 0 Å². The molecular formula is C16H12F2N2O3S2. The molecule has 0 fully saturated rings. The Kier molecular flexibility index (Phi) is 4.53. The summed E-state index contributed by atoms with van der Waals surface area (Å²) in [5.41, 5.74) is 0.201. The second-order valence-electron chi connectivity index (χ2n) is 5.14. The van der Waals surface area contributed by atoms with Gasteiger partial charge in [-0.1, -0.05) is 18.3 Å². The third-order valence-electron chi connectivity index (χ3n) is 3.49. The fourth-order valence-electron chi connectivity index (χ4n) is 2.16. The molecule has 0 aliphatic heterocycles. The number of hydrogen-bond donors (Lipinski definition) is 1. The summed E-state index contributed by atoms with van der Waals surface area (Å²) in [6.45, 7) is 1.53. The summed E-state index contributed by atoms with van der Waals surface area (Å²) >= 11 is 0.941. The third-order valence-corrected chi connectivity index (χ3v) is 6.16. The largest absolute Gasteiger partial charge is 0.298 e. The highest BCUT2D eigenvalue weighted by atomic mass is 32.2. The minimum atomic E-state index is -3.34. The minimum absolute atomic E-state index is 0.0221. The van der Waals surface area contributed by atoms with Crippen LogP contribution in [0.2, 0.25) is 0 Å². The molecule has 1 amide bonds. The first-order valence-corrected chi connectivity index (χ1v) is 9.67. The highest BCUT2D eigenvalue weighted by molar-refractivity contribution is 7.91. The molecule has 0 saturated heterocycles. The normalized spacial score (nSPS) is 11.6. The number of sulfone groups is 1. The van der Waals surface area contributed by atoms with E-state index in [-0.39, 0.29) is 31.6 Å². The van der Waals surface area contributed by atoms with Crippen molar-refractivity contribution in [2.45, 2.75) is 11.8 Å². The van der Waals surface area contributed by atoms with Gasteiger partial charge in [-0.05, 0) is 30.3 Å². The molecule has 0 spiro atoms. The molecule has 3 aromatic rings. The summed E-state index contributed by atoms with van der Waals surface area (Å²) in [4.78, 5) is 16.3. The molecule has 0 unspecified atom stereocenters. The summed E-state index contributed by atoms with van der Waals surface area (Å²) < 4.78 is 50.6. The molecule has 0 aliphatic carbocycles. The van der Waals surface area contributed by atoms with Crippen LogP contribution in [0.1, 0.15) is 17.3 Å². The van der Waals surface area contributed by atoms with Gasteiger partial charge in [0.1, 0.15) is 11.3 Å². The van der Waals surface area contributed by atoms with Crippen molar-refractivity contribution in [2.75, 3.05) is 11.1 Å². The highest BCUT2D eigenvalue weighted by Gasteiger charge is 2.15. The van der Waals surface area contributed by atoms with Gasteiger partial charge in [-0.25, -0.2) is 22.2 Å². The highest BCUT2D eigenvalue weighted by Crippen LogP contribution is 2.29.